The van der Waals surface area contributed by atoms with Crippen LogP contribution in [0.3, 0.4) is 0 Å². The number of amides is 1. The van der Waals surface area contributed by atoms with E-state index in [4.69, 9.17) is 0 Å². The highest BCUT2D eigenvalue weighted by molar-refractivity contribution is 7.99. The van der Waals surface area contributed by atoms with Crippen LogP contribution in [0.1, 0.15) is 29.7 Å². The zero-order valence-electron chi connectivity index (χ0n) is 18.7. The maximum atomic E-state index is 14.0. The number of hydrogen-bond acceptors (Lipinski definition) is 4. The highest BCUT2D eigenvalue weighted by Gasteiger charge is 2.17. The van der Waals surface area contributed by atoms with Crippen LogP contribution in [-0.2, 0) is 11.3 Å². The van der Waals surface area contributed by atoms with Gasteiger partial charge >= 0.3 is 0 Å². The molecule has 3 aromatic carbocycles. The molecule has 1 aromatic heterocycles. The molecule has 1 amide bonds. The molecule has 0 fully saturated rings. The fourth-order valence-electron chi connectivity index (χ4n) is 3.62. The van der Waals surface area contributed by atoms with Gasteiger partial charge in [0.1, 0.15) is 11.6 Å². The van der Waals surface area contributed by atoms with Gasteiger partial charge in [0.2, 0.25) is 5.91 Å². The van der Waals surface area contributed by atoms with Crippen molar-refractivity contribution in [3.63, 3.8) is 0 Å². The summed E-state index contributed by atoms with van der Waals surface area (Å²) in [7, 11) is 0. The third kappa shape index (κ3) is 5.34. The van der Waals surface area contributed by atoms with Crippen molar-refractivity contribution in [3.05, 3.63) is 105 Å². The van der Waals surface area contributed by atoms with Crippen LogP contribution < -0.4 is 10.9 Å². The van der Waals surface area contributed by atoms with E-state index in [9.17, 15) is 18.4 Å². The number of para-hydroxylation sites is 1. The molecule has 0 aliphatic rings. The summed E-state index contributed by atoms with van der Waals surface area (Å²) in [6.45, 7) is 3.94. The van der Waals surface area contributed by atoms with Gasteiger partial charge < -0.3 is 5.32 Å². The summed E-state index contributed by atoms with van der Waals surface area (Å²) in [5, 5.41) is 3.64. The Balaban J connectivity index is 1.56. The van der Waals surface area contributed by atoms with E-state index in [0.29, 0.717) is 22.6 Å². The smallest absolute Gasteiger partial charge is 0.262 e. The molecule has 0 radical (unpaired) electrons. The number of nitrogens with one attached hydrogen (secondary N) is 1. The number of benzene rings is 3. The lowest BCUT2D eigenvalue weighted by Crippen LogP contribution is -2.29. The average Bonchev–Trinajstić information content (AvgIpc) is 2.81. The molecule has 0 aliphatic carbocycles. The maximum Gasteiger partial charge on any atom is 0.262 e. The molecule has 4 aromatic rings. The summed E-state index contributed by atoms with van der Waals surface area (Å²) in [5.41, 5.74) is 2.62. The van der Waals surface area contributed by atoms with E-state index >= 15 is 0 Å². The van der Waals surface area contributed by atoms with Crippen molar-refractivity contribution in [2.75, 3.05) is 5.75 Å². The van der Waals surface area contributed by atoms with Crippen LogP contribution in [0.15, 0.2) is 76.7 Å². The van der Waals surface area contributed by atoms with Gasteiger partial charge in [0.05, 0.1) is 29.2 Å². The second-order valence-electron chi connectivity index (χ2n) is 8.03. The molecule has 4 rings (SSSR count). The van der Waals surface area contributed by atoms with Gasteiger partial charge in [-0.1, -0.05) is 59.8 Å². The predicted molar refractivity (Wildman–Crippen MR) is 130 cm³/mol. The van der Waals surface area contributed by atoms with Gasteiger partial charge in [-0.05, 0) is 37.6 Å². The second-order valence-corrected chi connectivity index (χ2v) is 8.97. The highest BCUT2D eigenvalue weighted by Crippen LogP contribution is 2.21. The molecule has 0 saturated carbocycles. The summed E-state index contributed by atoms with van der Waals surface area (Å²) in [6.07, 6.45) is 0. The van der Waals surface area contributed by atoms with Gasteiger partial charge in [-0.25, -0.2) is 13.8 Å². The van der Waals surface area contributed by atoms with E-state index in [-0.39, 0.29) is 22.8 Å². The molecule has 1 unspecified atom stereocenters. The summed E-state index contributed by atoms with van der Waals surface area (Å²) < 4.78 is 28.8. The van der Waals surface area contributed by atoms with Crippen molar-refractivity contribution in [2.24, 2.45) is 0 Å². The number of halogens is 2. The number of thioether (sulfide) groups is 1. The number of carbonyl (C=O) groups excluding carboxylic acids is 1. The molecule has 0 bridgehead atoms. The fourth-order valence-corrected chi connectivity index (χ4v) is 4.43. The van der Waals surface area contributed by atoms with E-state index < -0.39 is 17.7 Å². The summed E-state index contributed by atoms with van der Waals surface area (Å²) in [6, 6.07) is 17.6. The first kappa shape index (κ1) is 23.6. The fraction of sp³-hybridized carbons (Fsp3) is 0.192. The monoisotopic (exact) mass is 479 g/mol. The summed E-state index contributed by atoms with van der Waals surface area (Å²) in [5.74, 6) is -1.77. The van der Waals surface area contributed by atoms with Crippen LogP contribution in [0, 0.1) is 18.6 Å². The van der Waals surface area contributed by atoms with E-state index in [1.807, 2.05) is 31.2 Å². The van der Waals surface area contributed by atoms with Crippen molar-refractivity contribution in [3.8, 4) is 0 Å². The third-order valence-electron chi connectivity index (χ3n) is 5.43. The number of rotatable bonds is 7. The Hall–Kier alpha value is -3.52. The lowest BCUT2D eigenvalue weighted by molar-refractivity contribution is -0.119. The number of aryl methyl sites for hydroxylation is 1. The number of aromatic nitrogens is 2. The first-order valence-corrected chi connectivity index (χ1v) is 11.7. The van der Waals surface area contributed by atoms with Gasteiger partial charge in [0.15, 0.2) is 5.16 Å². The van der Waals surface area contributed by atoms with Crippen LogP contribution >= 0.6 is 11.8 Å². The van der Waals surface area contributed by atoms with Crippen molar-refractivity contribution in [1.82, 2.24) is 14.9 Å². The normalized spacial score (nSPS) is 12.0. The number of hydrogen-bond donors (Lipinski definition) is 1. The summed E-state index contributed by atoms with van der Waals surface area (Å²) >= 11 is 1.14. The van der Waals surface area contributed by atoms with Crippen LogP contribution in [-0.4, -0.2) is 21.2 Å². The SMILES string of the molecule is Cc1ccc(Cn2c(SCC(=O)NC(C)c3ccc(F)cc3F)nc3ccccc3c2=O)cc1. The van der Waals surface area contributed by atoms with Gasteiger partial charge in [-0.3, -0.25) is 14.2 Å². The topological polar surface area (TPSA) is 64.0 Å². The Kier molecular flexibility index (Phi) is 7.07. The lowest BCUT2D eigenvalue weighted by Gasteiger charge is -2.16. The average molecular weight is 480 g/mol. The maximum absolute atomic E-state index is 14.0. The molecule has 8 heteroatoms. The number of carbonyl (C=O) groups is 1. The first-order chi connectivity index (χ1) is 16.3. The Morgan fingerprint density at radius 3 is 2.56 bits per heavy atom. The number of fused-ring (bicyclic) bond motifs is 1. The van der Waals surface area contributed by atoms with Crippen molar-refractivity contribution in [2.45, 2.75) is 31.6 Å². The van der Waals surface area contributed by atoms with Gasteiger partial charge in [-0.15, -0.1) is 0 Å². The lowest BCUT2D eigenvalue weighted by atomic mass is 10.1. The Labute approximate surface area is 199 Å². The van der Waals surface area contributed by atoms with Crippen molar-refractivity contribution < 1.29 is 13.6 Å². The van der Waals surface area contributed by atoms with Crippen molar-refractivity contribution >= 4 is 28.6 Å². The Morgan fingerprint density at radius 2 is 1.82 bits per heavy atom. The molecule has 34 heavy (non-hydrogen) atoms. The summed E-state index contributed by atoms with van der Waals surface area (Å²) in [4.78, 5) is 30.4. The minimum Gasteiger partial charge on any atom is -0.349 e. The van der Waals surface area contributed by atoms with E-state index in [1.165, 1.54) is 6.07 Å². The zero-order valence-corrected chi connectivity index (χ0v) is 19.5. The van der Waals surface area contributed by atoms with Gasteiger partial charge in [-0.2, -0.15) is 0 Å². The second kappa shape index (κ2) is 10.2. The molecule has 1 heterocycles. The van der Waals surface area contributed by atoms with Crippen LogP contribution in [0.5, 0.6) is 0 Å². The highest BCUT2D eigenvalue weighted by atomic mass is 32.2. The molecule has 5 nitrogen and oxygen atoms in total. The number of nitrogens with zero attached hydrogens (tertiary/aromatic N) is 2. The van der Waals surface area contributed by atoms with Crippen LogP contribution in [0.4, 0.5) is 8.78 Å². The molecule has 174 valence electrons. The Morgan fingerprint density at radius 1 is 1.09 bits per heavy atom. The Bertz CT molecular complexity index is 1400. The molecule has 0 aliphatic heterocycles. The molecular formula is C26H23F2N3O2S. The first-order valence-electron chi connectivity index (χ1n) is 10.7. The zero-order chi connectivity index (χ0) is 24.2. The molecule has 1 N–H and O–H groups in total. The molecule has 0 spiro atoms. The predicted octanol–water partition coefficient (Wildman–Crippen LogP) is 5.00. The van der Waals surface area contributed by atoms with E-state index in [1.54, 1.807) is 35.8 Å². The molecule has 1 atom stereocenters. The largest absolute Gasteiger partial charge is 0.349 e. The van der Waals surface area contributed by atoms with E-state index in [0.717, 1.165) is 35.0 Å². The molecule has 0 saturated heterocycles. The van der Waals surface area contributed by atoms with Crippen LogP contribution in [0.25, 0.3) is 10.9 Å². The standard InChI is InChI=1S/C26H23F2N3O2S/c1-16-7-9-18(10-8-16)14-31-25(33)21-5-3-4-6-23(21)30-26(31)34-15-24(32)29-17(2)20-12-11-19(27)13-22(20)28/h3-13,17H,14-15H2,1-2H3,(H,29,32). The minimum atomic E-state index is -0.719. The molecular weight excluding hydrogens is 456 g/mol. The van der Waals surface area contributed by atoms with Gasteiger partial charge in [0.25, 0.3) is 5.56 Å². The van der Waals surface area contributed by atoms with E-state index in [2.05, 4.69) is 10.3 Å². The minimum absolute atomic E-state index is 0.0220. The van der Waals surface area contributed by atoms with Crippen molar-refractivity contribution in [1.29, 1.82) is 0 Å². The van der Waals surface area contributed by atoms with Crippen LogP contribution in [0.2, 0.25) is 0 Å². The third-order valence-corrected chi connectivity index (χ3v) is 6.40. The quantitative estimate of drug-likeness (QED) is 0.299. The van der Waals surface area contributed by atoms with Gasteiger partial charge in [0, 0.05) is 11.6 Å².